The molecule has 194 valence electrons. The van der Waals surface area contributed by atoms with Crippen LogP contribution in [0.2, 0.25) is 0 Å². The number of benzene rings is 2. The van der Waals surface area contributed by atoms with E-state index in [1.807, 2.05) is 6.21 Å². The van der Waals surface area contributed by atoms with Crippen LogP contribution in [0.1, 0.15) is 42.0 Å². The van der Waals surface area contributed by atoms with Crippen LogP contribution < -0.4 is 4.74 Å². The predicted octanol–water partition coefficient (Wildman–Crippen LogP) is 6.87. The van der Waals surface area contributed by atoms with Crippen molar-refractivity contribution in [2.75, 3.05) is 14.2 Å². The van der Waals surface area contributed by atoms with Crippen LogP contribution in [0.5, 0.6) is 5.75 Å². The lowest BCUT2D eigenvalue weighted by Crippen LogP contribution is -2.41. The van der Waals surface area contributed by atoms with Gasteiger partial charge in [-0.25, -0.2) is 4.99 Å². The number of ether oxygens (including phenoxy) is 2. The van der Waals surface area contributed by atoms with Crippen molar-refractivity contribution < 1.29 is 36.2 Å². The van der Waals surface area contributed by atoms with Crippen molar-refractivity contribution in [2.45, 2.75) is 52.8 Å². The second kappa shape index (κ2) is 15.6. The van der Waals surface area contributed by atoms with Gasteiger partial charge in [-0.3, -0.25) is 9.79 Å². The summed E-state index contributed by atoms with van der Waals surface area (Å²) in [5.41, 5.74) is 4.36. The van der Waals surface area contributed by atoms with Gasteiger partial charge in [-0.2, -0.15) is 22.0 Å². The van der Waals surface area contributed by atoms with E-state index < -0.39 is 18.0 Å². The first kappa shape index (κ1) is 31.7. The number of halogens is 5. The van der Waals surface area contributed by atoms with Gasteiger partial charge >= 0.3 is 12.3 Å². The topological polar surface area (TPSA) is 60.2 Å². The summed E-state index contributed by atoms with van der Waals surface area (Å²) in [6.45, 7) is 8.39. The zero-order valence-corrected chi connectivity index (χ0v) is 20.6. The van der Waals surface area contributed by atoms with E-state index in [0.717, 1.165) is 41.9 Å². The zero-order valence-electron chi connectivity index (χ0n) is 20.6. The summed E-state index contributed by atoms with van der Waals surface area (Å²) < 4.78 is 67.3. The molecular weight excluding hydrogens is 471 g/mol. The van der Waals surface area contributed by atoms with E-state index in [4.69, 9.17) is 4.79 Å². The predicted molar refractivity (Wildman–Crippen MR) is 128 cm³/mol. The Bertz CT molecular complexity index is 957. The van der Waals surface area contributed by atoms with Crippen LogP contribution in [0.25, 0.3) is 0 Å². The zero-order chi connectivity index (χ0) is 27.1. The second-order valence-electron chi connectivity index (χ2n) is 7.23. The van der Waals surface area contributed by atoms with Crippen LogP contribution in [-0.4, -0.2) is 45.0 Å². The molecule has 0 heterocycles. The Hall–Kier alpha value is -3.30. The smallest absolute Gasteiger partial charge is 0.471 e. The number of amidine groups is 1. The Balaban J connectivity index is 0.000000574. The summed E-state index contributed by atoms with van der Waals surface area (Å²) >= 11 is 0. The number of hydrogen-bond acceptors (Lipinski definition) is 4. The number of nitrogens with zero attached hydrogens (tertiary/aromatic N) is 2. The van der Waals surface area contributed by atoms with E-state index >= 15 is 0 Å². The third kappa shape index (κ3) is 12.1. The summed E-state index contributed by atoms with van der Waals surface area (Å²) in [5, 5.41) is 0. The maximum Gasteiger partial charge on any atom is 0.499 e. The molecule has 0 radical (unpaired) electrons. The number of methoxy groups -OCH3 is 1. The molecule has 5 nitrogen and oxygen atoms in total. The van der Waals surface area contributed by atoms with Crippen LogP contribution >= 0.6 is 0 Å². The lowest BCUT2D eigenvalue weighted by molar-refractivity contribution is -0.360. The van der Waals surface area contributed by atoms with E-state index in [1.165, 1.54) is 30.4 Å². The van der Waals surface area contributed by atoms with Crippen molar-refractivity contribution in [1.29, 1.82) is 0 Å². The van der Waals surface area contributed by atoms with Gasteiger partial charge in [0, 0.05) is 18.8 Å². The molecule has 0 aromatic heterocycles. The number of rotatable bonds is 6. The lowest BCUT2D eigenvalue weighted by atomic mass is 10.1. The van der Waals surface area contributed by atoms with Crippen LogP contribution in [0.4, 0.5) is 22.0 Å². The van der Waals surface area contributed by atoms with E-state index in [-0.39, 0.29) is 0 Å². The normalized spacial score (nSPS) is 11.7. The minimum Gasteiger partial charge on any atom is -0.471 e. The molecule has 0 fully saturated rings. The first-order valence-corrected chi connectivity index (χ1v) is 10.6. The molecule has 0 N–H and O–H groups in total. The molecule has 0 saturated carbocycles. The van der Waals surface area contributed by atoms with E-state index in [9.17, 15) is 22.0 Å². The van der Waals surface area contributed by atoms with Crippen molar-refractivity contribution in [1.82, 2.24) is 0 Å². The highest BCUT2D eigenvalue weighted by Crippen LogP contribution is 2.37. The number of alkyl halides is 5. The first-order valence-electron chi connectivity index (χ1n) is 10.6. The molecule has 0 atom stereocenters. The lowest BCUT2D eigenvalue weighted by Gasteiger charge is -2.20. The average Bonchev–Trinajstić information content (AvgIpc) is 2.79. The molecule has 0 aliphatic heterocycles. The Morgan fingerprint density at radius 2 is 1.51 bits per heavy atom. The Kier molecular flexibility index (Phi) is 14.1. The third-order valence-corrected chi connectivity index (χ3v) is 4.16. The summed E-state index contributed by atoms with van der Waals surface area (Å²) in [5.74, 6) is 0.300. The van der Waals surface area contributed by atoms with Crippen LogP contribution in [0, 0.1) is 20.8 Å². The Labute approximate surface area is 202 Å². The molecule has 0 bridgehead atoms. The molecule has 0 unspecified atom stereocenters. The van der Waals surface area contributed by atoms with Crippen molar-refractivity contribution in [3.63, 3.8) is 0 Å². The van der Waals surface area contributed by atoms with Gasteiger partial charge in [0.05, 0.1) is 7.11 Å². The Morgan fingerprint density at radius 3 is 1.94 bits per heavy atom. The molecule has 35 heavy (non-hydrogen) atoms. The van der Waals surface area contributed by atoms with Gasteiger partial charge in [-0.15, -0.1) is 0 Å². The van der Waals surface area contributed by atoms with Gasteiger partial charge in [0.25, 0.3) is 6.47 Å². The number of aryl methyl sites for hydroxylation is 3. The molecule has 0 aliphatic carbocycles. The van der Waals surface area contributed by atoms with Crippen molar-refractivity contribution in [3.8, 4) is 5.75 Å². The summed E-state index contributed by atoms with van der Waals surface area (Å²) in [6.07, 6.45) is -6.81. The van der Waals surface area contributed by atoms with Gasteiger partial charge in [0.15, 0.2) is 5.84 Å². The molecule has 0 aliphatic rings. The number of carbonyl (C=O) groups is 1. The molecular formula is C25H31F5N2O3. The third-order valence-electron chi connectivity index (χ3n) is 4.16. The highest BCUT2D eigenvalue weighted by molar-refractivity contribution is 6.04. The average molecular weight is 503 g/mol. The summed E-state index contributed by atoms with van der Waals surface area (Å²) in [7, 11) is 3.10. The molecule has 0 spiro atoms. The van der Waals surface area contributed by atoms with E-state index in [2.05, 4.69) is 58.4 Å². The highest BCUT2D eigenvalue weighted by Gasteiger charge is 2.61. The molecule has 0 saturated heterocycles. The van der Waals surface area contributed by atoms with Gasteiger partial charge in [-0.05, 0) is 44.9 Å². The van der Waals surface area contributed by atoms with E-state index in [1.54, 1.807) is 14.0 Å². The summed E-state index contributed by atoms with van der Waals surface area (Å²) in [4.78, 5) is 17.6. The van der Waals surface area contributed by atoms with Crippen molar-refractivity contribution in [3.05, 3.63) is 64.7 Å². The van der Waals surface area contributed by atoms with Crippen LogP contribution in [0.3, 0.4) is 0 Å². The maximum atomic E-state index is 12.4. The maximum absolute atomic E-state index is 12.4. The Morgan fingerprint density at radius 1 is 0.971 bits per heavy atom. The fraction of sp³-hybridized carbons (Fsp3) is 0.400. The number of unbranched alkanes of at least 4 members (excludes halogenated alkanes) is 1. The molecule has 2 rings (SSSR count). The van der Waals surface area contributed by atoms with Crippen LogP contribution in [0.15, 0.2) is 52.4 Å². The van der Waals surface area contributed by atoms with Gasteiger partial charge in [0.2, 0.25) is 0 Å². The second-order valence-corrected chi connectivity index (χ2v) is 7.23. The number of hydrogen-bond donors (Lipinski definition) is 0. The monoisotopic (exact) mass is 502 g/mol. The van der Waals surface area contributed by atoms with Crippen molar-refractivity contribution >= 4 is 18.5 Å². The van der Waals surface area contributed by atoms with Gasteiger partial charge in [0.1, 0.15) is 5.75 Å². The highest BCUT2D eigenvalue weighted by atomic mass is 19.4. The van der Waals surface area contributed by atoms with Crippen molar-refractivity contribution in [2.24, 2.45) is 9.98 Å². The number of aliphatic imine (C=N–C) groups is 2. The SMILES string of the molecule is CCCC=NC(=NC)c1ccc(C)cc1C.COC=O.Cc1ccc(OC(F)(F)C(F)(F)F)cc1. The van der Waals surface area contributed by atoms with Gasteiger partial charge in [-0.1, -0.05) is 54.8 Å². The molecule has 10 heteroatoms. The fourth-order valence-corrected chi connectivity index (χ4v) is 2.40. The van der Waals surface area contributed by atoms with Gasteiger partial charge < -0.3 is 9.47 Å². The molecule has 2 aromatic rings. The first-order chi connectivity index (χ1) is 16.3. The van der Waals surface area contributed by atoms with Crippen LogP contribution in [-0.2, 0) is 9.53 Å². The standard InChI is InChI=1S/C14H20N2.C9H7F5O.C2H4O2/c1-5-6-9-16-14(15-4)13-8-7-11(2)10-12(13)3;1-6-2-4-7(5-3-6)15-9(13,14)8(10,11)12;1-4-2-3/h7-10H,5-6H2,1-4H3;2-5H,1H3;2H,1H3. The number of carbonyl (C=O) groups excluding carboxylic acids is 1. The quantitative estimate of drug-likeness (QED) is 0.187. The minimum atomic E-state index is -5.71. The summed E-state index contributed by atoms with van der Waals surface area (Å²) in [6, 6.07) is 11.2. The van der Waals surface area contributed by atoms with E-state index in [0.29, 0.717) is 6.47 Å². The molecule has 2 aromatic carbocycles. The minimum absolute atomic E-state index is 0.375. The molecule has 0 amide bonds. The fourth-order valence-electron chi connectivity index (χ4n) is 2.40. The largest absolute Gasteiger partial charge is 0.499 e.